The van der Waals surface area contributed by atoms with Gasteiger partial charge in [0, 0.05) is 19.3 Å². The van der Waals surface area contributed by atoms with Crippen molar-refractivity contribution in [2.75, 3.05) is 41.0 Å². The first-order valence-corrected chi connectivity index (χ1v) is 29.4. The third kappa shape index (κ3) is 48.8. The van der Waals surface area contributed by atoms with E-state index in [9.17, 15) is 19.5 Å². The second-order valence-electron chi connectivity index (χ2n) is 21.2. The van der Waals surface area contributed by atoms with Gasteiger partial charge in [0.1, 0.15) is 6.61 Å². The number of hydrogen-bond donors (Lipinski definition) is 1. The van der Waals surface area contributed by atoms with E-state index in [0.717, 1.165) is 38.5 Å². The summed E-state index contributed by atoms with van der Waals surface area (Å²) in [5, 5.41) is 9.68. The summed E-state index contributed by atoms with van der Waals surface area (Å²) < 4.78 is 17.4. The zero-order chi connectivity index (χ0) is 49.9. The Balaban J connectivity index is 4.15. The summed E-state index contributed by atoms with van der Waals surface area (Å²) in [5.41, 5.74) is 0. The molecule has 8 nitrogen and oxygen atoms in total. The Labute approximate surface area is 421 Å². The van der Waals surface area contributed by atoms with Gasteiger partial charge in [-0.25, -0.2) is 4.79 Å². The van der Waals surface area contributed by atoms with Gasteiger partial charge in [0.05, 0.1) is 34.4 Å². The molecule has 0 aliphatic carbocycles. The molecule has 0 saturated carbocycles. The molecule has 8 heteroatoms. The van der Waals surface area contributed by atoms with Crippen molar-refractivity contribution >= 4 is 17.9 Å². The number of nitrogens with zero attached hydrogens (tertiary/aromatic N) is 1. The minimum absolute atomic E-state index is 0.0510. The van der Waals surface area contributed by atoms with E-state index in [0.29, 0.717) is 19.3 Å². The maximum absolute atomic E-state index is 12.8. The number of rotatable bonds is 54. The van der Waals surface area contributed by atoms with Crippen molar-refractivity contribution in [1.29, 1.82) is 0 Å². The van der Waals surface area contributed by atoms with Crippen LogP contribution in [0.3, 0.4) is 0 Å². The lowest BCUT2D eigenvalue weighted by Crippen LogP contribution is -2.50. The van der Waals surface area contributed by atoms with Gasteiger partial charge in [0.2, 0.25) is 0 Å². The molecule has 0 rings (SSSR count). The molecule has 0 aliphatic rings. The molecule has 1 N–H and O–H groups in total. The van der Waals surface area contributed by atoms with Crippen LogP contribution >= 0.6 is 0 Å². The summed E-state index contributed by atoms with van der Waals surface area (Å²) in [6.07, 6.45) is 61.0. The number of ether oxygens (including phenoxy) is 3. The lowest BCUT2D eigenvalue weighted by atomic mass is 10.0. The summed E-state index contributed by atoms with van der Waals surface area (Å²) in [7, 11) is 5.55. The van der Waals surface area contributed by atoms with E-state index in [1.165, 1.54) is 218 Å². The van der Waals surface area contributed by atoms with E-state index in [-0.39, 0.29) is 36.2 Å². The highest BCUT2D eigenvalue weighted by atomic mass is 16.6. The van der Waals surface area contributed by atoms with Crippen LogP contribution in [0.25, 0.3) is 0 Å². The highest BCUT2D eigenvalue weighted by Crippen LogP contribution is 2.17. The maximum Gasteiger partial charge on any atom is 0.362 e. The summed E-state index contributed by atoms with van der Waals surface area (Å²) >= 11 is 0. The molecule has 0 aromatic rings. The molecular weight excluding hydrogens is 847 g/mol. The number of carboxylic acids is 1. The monoisotopic (exact) mass is 961 g/mol. The van der Waals surface area contributed by atoms with Gasteiger partial charge in [0.15, 0.2) is 12.1 Å². The van der Waals surface area contributed by atoms with E-state index in [1.807, 2.05) is 21.1 Å². The molecule has 0 aliphatic heterocycles. The number of esters is 2. The van der Waals surface area contributed by atoms with Crippen LogP contribution in [0, 0.1) is 0 Å². The number of unbranched alkanes of at least 4 members (excludes halogenated alkanes) is 36. The lowest BCUT2D eigenvalue weighted by Gasteiger charge is -2.31. The molecule has 0 fully saturated rings. The molecule has 0 saturated heterocycles. The number of carboxylic acid groups (broad SMARTS) is 1. The smallest absolute Gasteiger partial charge is 0.362 e. The number of quaternary nitrogens is 1. The third-order valence-electron chi connectivity index (χ3n) is 13.6. The van der Waals surface area contributed by atoms with Crippen LogP contribution in [0.1, 0.15) is 290 Å². The number of likely N-dealkylation sites (N-methyl/N-ethyl adjacent to an activating group) is 1. The second-order valence-corrected chi connectivity index (χ2v) is 21.2. The molecule has 0 heterocycles. The Kier molecular flexibility index (Phi) is 49.5. The number of aliphatic carboxylic acids is 1. The predicted molar refractivity (Wildman–Crippen MR) is 289 cm³/mol. The van der Waals surface area contributed by atoms with Crippen molar-refractivity contribution < 1.29 is 38.2 Å². The molecule has 0 radical (unpaired) electrons. The fourth-order valence-electron chi connectivity index (χ4n) is 9.03. The molecule has 0 aromatic heterocycles. The zero-order valence-corrected chi connectivity index (χ0v) is 45.8. The zero-order valence-electron chi connectivity index (χ0n) is 45.8. The largest absolute Gasteiger partial charge is 0.477 e. The van der Waals surface area contributed by atoms with Gasteiger partial charge in [-0.2, -0.15) is 0 Å². The van der Waals surface area contributed by atoms with Gasteiger partial charge in [-0.3, -0.25) is 9.59 Å². The maximum atomic E-state index is 12.8. The SMILES string of the molecule is CCCCCCCCCCCC/C=C/CCCCCCCCCC(=O)OC(COCCC(C(=O)O)[N+](C)(C)C)COC(=O)CCCCCCCCC/C=C/CCCCCCCCCCCCCC. The van der Waals surface area contributed by atoms with Crippen molar-refractivity contribution in [3.63, 3.8) is 0 Å². The van der Waals surface area contributed by atoms with E-state index in [1.54, 1.807) is 0 Å². The van der Waals surface area contributed by atoms with E-state index >= 15 is 0 Å². The Morgan fingerprint density at radius 2 is 0.735 bits per heavy atom. The third-order valence-corrected chi connectivity index (χ3v) is 13.6. The molecule has 400 valence electrons. The van der Waals surface area contributed by atoms with E-state index < -0.39 is 18.1 Å². The number of carbonyl (C=O) groups excluding carboxylic acids is 2. The average molecular weight is 962 g/mol. The van der Waals surface area contributed by atoms with Gasteiger partial charge in [-0.1, -0.05) is 231 Å². The van der Waals surface area contributed by atoms with Gasteiger partial charge < -0.3 is 23.8 Å². The van der Waals surface area contributed by atoms with Crippen molar-refractivity contribution in [2.45, 2.75) is 302 Å². The summed E-state index contributed by atoms with van der Waals surface area (Å²) in [6.45, 7) is 4.79. The first-order valence-electron chi connectivity index (χ1n) is 29.4. The first kappa shape index (κ1) is 65.8. The molecule has 2 atom stereocenters. The quantitative estimate of drug-likeness (QED) is 0.0281. The van der Waals surface area contributed by atoms with Crippen molar-refractivity contribution in [2.24, 2.45) is 0 Å². The first-order chi connectivity index (χ1) is 33.1. The predicted octanol–water partition coefficient (Wildman–Crippen LogP) is 17.5. The van der Waals surface area contributed by atoms with E-state index in [4.69, 9.17) is 14.2 Å². The van der Waals surface area contributed by atoms with Crippen LogP contribution in [0.5, 0.6) is 0 Å². The fourth-order valence-corrected chi connectivity index (χ4v) is 9.03. The molecule has 68 heavy (non-hydrogen) atoms. The highest BCUT2D eigenvalue weighted by molar-refractivity contribution is 5.72. The fraction of sp³-hybridized carbons (Fsp3) is 0.883. The van der Waals surface area contributed by atoms with Crippen molar-refractivity contribution in [1.82, 2.24) is 0 Å². The number of allylic oxidation sites excluding steroid dienone is 4. The molecular formula is C60H114NO7+. The summed E-state index contributed by atoms with van der Waals surface area (Å²) in [4.78, 5) is 37.3. The van der Waals surface area contributed by atoms with Crippen molar-refractivity contribution in [3.8, 4) is 0 Å². The van der Waals surface area contributed by atoms with Gasteiger partial charge >= 0.3 is 17.9 Å². The van der Waals surface area contributed by atoms with Crippen LogP contribution in [0.15, 0.2) is 24.3 Å². The number of carbonyl (C=O) groups is 3. The minimum Gasteiger partial charge on any atom is -0.477 e. The molecule has 2 unspecified atom stereocenters. The van der Waals surface area contributed by atoms with E-state index in [2.05, 4.69) is 38.2 Å². The highest BCUT2D eigenvalue weighted by Gasteiger charge is 2.31. The Bertz CT molecular complexity index is 1160. The van der Waals surface area contributed by atoms with Crippen LogP contribution in [-0.4, -0.2) is 80.6 Å². The van der Waals surface area contributed by atoms with Crippen LogP contribution in [-0.2, 0) is 28.6 Å². The Hall–Kier alpha value is -2.19. The van der Waals surface area contributed by atoms with Gasteiger partial charge in [-0.05, 0) is 64.2 Å². The minimum atomic E-state index is -0.872. The standard InChI is InChI=1S/C60H113NO7/c1-6-8-10-12-14-16-18-20-22-24-26-28-29-31-32-34-36-38-40-42-44-46-48-50-58(62)67-55-56(54-66-53-52-57(60(64)65)61(3,4)5)68-59(63)51-49-47-45-43-41-39-37-35-33-30-27-25-23-21-19-17-15-13-11-9-7-2/h30-33,56-57H,6-29,34-55H2,1-5H3/p+1/b32-31+,33-30+. The average Bonchev–Trinajstić information content (AvgIpc) is 3.30. The van der Waals surface area contributed by atoms with Gasteiger partial charge in [0.25, 0.3) is 0 Å². The molecule has 0 amide bonds. The molecule has 0 bridgehead atoms. The Morgan fingerprint density at radius 1 is 0.426 bits per heavy atom. The number of hydrogen-bond acceptors (Lipinski definition) is 6. The van der Waals surface area contributed by atoms with Gasteiger partial charge in [-0.15, -0.1) is 0 Å². The second kappa shape index (κ2) is 51.2. The summed E-state index contributed by atoms with van der Waals surface area (Å²) in [6, 6.07) is -0.615. The van der Waals surface area contributed by atoms with Crippen LogP contribution in [0.2, 0.25) is 0 Å². The lowest BCUT2D eigenvalue weighted by molar-refractivity contribution is -0.887. The van der Waals surface area contributed by atoms with Crippen LogP contribution in [0.4, 0.5) is 0 Å². The normalized spacial score (nSPS) is 12.9. The van der Waals surface area contributed by atoms with Crippen molar-refractivity contribution in [3.05, 3.63) is 24.3 Å². The topological polar surface area (TPSA) is 99.1 Å². The Morgan fingerprint density at radius 3 is 1.06 bits per heavy atom. The summed E-state index contributed by atoms with van der Waals surface area (Å²) in [5.74, 6) is -1.46. The molecule has 0 spiro atoms. The molecule has 0 aromatic carbocycles. The van der Waals surface area contributed by atoms with Crippen LogP contribution < -0.4 is 0 Å².